The molecular formula is C21H42O4S. The van der Waals surface area contributed by atoms with E-state index in [0.29, 0.717) is 12.8 Å². The second-order valence-corrected chi connectivity index (χ2v) is 9.97. The van der Waals surface area contributed by atoms with Crippen molar-refractivity contribution < 1.29 is 18.3 Å². The number of carboxylic acid groups (broad SMARTS) is 1. The van der Waals surface area contributed by atoms with E-state index in [0.717, 1.165) is 12.8 Å². The van der Waals surface area contributed by atoms with Crippen molar-refractivity contribution in [1.82, 2.24) is 0 Å². The molecule has 26 heavy (non-hydrogen) atoms. The highest BCUT2D eigenvalue weighted by Crippen LogP contribution is 2.18. The van der Waals surface area contributed by atoms with Crippen LogP contribution in [-0.4, -0.2) is 30.5 Å². The van der Waals surface area contributed by atoms with Gasteiger partial charge in [-0.2, -0.15) is 0 Å². The summed E-state index contributed by atoms with van der Waals surface area (Å²) in [4.78, 5) is 10.6. The molecule has 0 spiro atoms. The van der Waals surface area contributed by atoms with E-state index in [1.54, 1.807) is 0 Å². The number of unbranched alkanes of at least 4 members (excludes halogenated alkanes) is 12. The SMILES string of the molecule is CCCCCCCCCCCCCCCC(CC)S(=O)(=O)CCC(=O)O. The molecule has 156 valence electrons. The fourth-order valence-electron chi connectivity index (χ4n) is 3.42. The van der Waals surface area contributed by atoms with Crippen LogP contribution in [0, 0.1) is 0 Å². The number of aliphatic carboxylic acids is 1. The molecular weight excluding hydrogens is 348 g/mol. The molecule has 0 aliphatic heterocycles. The van der Waals surface area contributed by atoms with Gasteiger partial charge in [-0.3, -0.25) is 4.79 Å². The highest BCUT2D eigenvalue weighted by atomic mass is 32.2. The maximum atomic E-state index is 12.2. The van der Waals surface area contributed by atoms with E-state index >= 15 is 0 Å². The molecule has 0 bridgehead atoms. The van der Waals surface area contributed by atoms with Crippen LogP contribution in [0.4, 0.5) is 0 Å². The highest BCUT2D eigenvalue weighted by molar-refractivity contribution is 7.92. The predicted molar refractivity (Wildman–Crippen MR) is 110 cm³/mol. The molecule has 0 aromatic carbocycles. The quantitative estimate of drug-likeness (QED) is 0.269. The summed E-state index contributed by atoms with van der Waals surface area (Å²) in [5.74, 6) is -1.26. The minimum atomic E-state index is -3.26. The average Bonchev–Trinajstić information content (AvgIpc) is 2.60. The van der Waals surface area contributed by atoms with Gasteiger partial charge in [0.1, 0.15) is 0 Å². The van der Waals surface area contributed by atoms with Crippen molar-refractivity contribution in [3.63, 3.8) is 0 Å². The van der Waals surface area contributed by atoms with Crippen molar-refractivity contribution in [2.45, 2.75) is 122 Å². The Bertz CT molecular complexity index is 431. The Morgan fingerprint density at radius 2 is 1.19 bits per heavy atom. The molecule has 0 aromatic heterocycles. The van der Waals surface area contributed by atoms with Crippen LogP contribution in [0.5, 0.6) is 0 Å². The van der Waals surface area contributed by atoms with Crippen LogP contribution in [0.3, 0.4) is 0 Å². The Labute approximate surface area is 162 Å². The summed E-state index contributed by atoms with van der Waals surface area (Å²) in [5.41, 5.74) is 0. The van der Waals surface area contributed by atoms with Crippen molar-refractivity contribution in [2.24, 2.45) is 0 Å². The monoisotopic (exact) mass is 390 g/mol. The van der Waals surface area contributed by atoms with Gasteiger partial charge in [0.25, 0.3) is 0 Å². The van der Waals surface area contributed by atoms with E-state index < -0.39 is 15.8 Å². The first-order chi connectivity index (χ1) is 12.4. The van der Waals surface area contributed by atoms with Gasteiger partial charge in [-0.05, 0) is 12.8 Å². The largest absolute Gasteiger partial charge is 0.481 e. The number of carbonyl (C=O) groups is 1. The van der Waals surface area contributed by atoms with Crippen LogP contribution in [0.15, 0.2) is 0 Å². The Kier molecular flexibility index (Phi) is 16.2. The van der Waals surface area contributed by atoms with Crippen LogP contribution >= 0.6 is 0 Å². The van der Waals surface area contributed by atoms with E-state index in [9.17, 15) is 13.2 Å². The van der Waals surface area contributed by atoms with Crippen LogP contribution in [-0.2, 0) is 14.6 Å². The van der Waals surface area contributed by atoms with Gasteiger partial charge in [0, 0.05) is 0 Å². The van der Waals surface area contributed by atoms with Crippen LogP contribution in [0.1, 0.15) is 117 Å². The molecule has 1 N–H and O–H groups in total. The van der Waals surface area contributed by atoms with Crippen molar-refractivity contribution in [3.8, 4) is 0 Å². The van der Waals surface area contributed by atoms with E-state index in [1.165, 1.54) is 70.6 Å². The third-order valence-corrected chi connectivity index (χ3v) is 7.55. The van der Waals surface area contributed by atoms with Gasteiger partial charge in [-0.1, -0.05) is 97.3 Å². The molecule has 1 atom stereocenters. The van der Waals surface area contributed by atoms with Crippen molar-refractivity contribution in [1.29, 1.82) is 0 Å². The molecule has 0 aromatic rings. The van der Waals surface area contributed by atoms with Gasteiger partial charge in [0.15, 0.2) is 9.84 Å². The molecule has 4 nitrogen and oxygen atoms in total. The maximum absolute atomic E-state index is 12.2. The van der Waals surface area contributed by atoms with Crippen LogP contribution in [0.25, 0.3) is 0 Å². The summed E-state index contributed by atoms with van der Waals surface area (Å²) >= 11 is 0. The predicted octanol–water partition coefficient (Wildman–Crippen LogP) is 6.14. The van der Waals surface area contributed by atoms with Crippen molar-refractivity contribution in [3.05, 3.63) is 0 Å². The third-order valence-electron chi connectivity index (χ3n) is 5.19. The standard InChI is InChI=1S/C21H42O4S/c1-3-5-6-7-8-9-10-11-12-13-14-15-16-17-20(4-2)26(24,25)19-18-21(22)23/h20H,3-19H2,1-2H3,(H,22,23). The van der Waals surface area contributed by atoms with Gasteiger partial charge in [-0.15, -0.1) is 0 Å². The number of rotatable bonds is 19. The zero-order valence-corrected chi connectivity index (χ0v) is 18.0. The Balaban J connectivity index is 3.59. The van der Waals surface area contributed by atoms with E-state index in [1.807, 2.05) is 6.92 Å². The summed E-state index contributed by atoms with van der Waals surface area (Å²) in [7, 11) is -3.26. The molecule has 0 amide bonds. The number of sulfone groups is 1. The molecule has 0 aliphatic rings. The van der Waals surface area contributed by atoms with Gasteiger partial charge < -0.3 is 5.11 Å². The molecule has 0 heterocycles. The first-order valence-electron chi connectivity index (χ1n) is 10.9. The minimum absolute atomic E-state index is 0.223. The summed E-state index contributed by atoms with van der Waals surface area (Å²) in [5, 5.41) is 8.30. The van der Waals surface area contributed by atoms with E-state index in [-0.39, 0.29) is 17.4 Å². The molecule has 0 rings (SSSR count). The number of carboxylic acids is 1. The molecule has 5 heteroatoms. The van der Waals surface area contributed by atoms with Gasteiger partial charge in [0.05, 0.1) is 17.4 Å². The summed E-state index contributed by atoms with van der Waals surface area (Å²) < 4.78 is 24.3. The molecule has 0 saturated carbocycles. The first-order valence-corrected chi connectivity index (χ1v) is 12.6. The third kappa shape index (κ3) is 14.6. The zero-order valence-electron chi connectivity index (χ0n) is 17.2. The first kappa shape index (κ1) is 25.4. The normalized spacial score (nSPS) is 13.0. The summed E-state index contributed by atoms with van der Waals surface area (Å²) in [6.45, 7) is 4.13. The topological polar surface area (TPSA) is 71.4 Å². The molecule has 0 fully saturated rings. The summed E-state index contributed by atoms with van der Waals surface area (Å²) in [6, 6.07) is 0. The summed E-state index contributed by atoms with van der Waals surface area (Å²) in [6.07, 6.45) is 17.6. The fourth-order valence-corrected chi connectivity index (χ4v) is 5.25. The lowest BCUT2D eigenvalue weighted by molar-refractivity contribution is -0.136. The number of hydrogen-bond acceptors (Lipinski definition) is 3. The molecule has 0 radical (unpaired) electrons. The number of hydrogen-bond donors (Lipinski definition) is 1. The lowest BCUT2D eigenvalue weighted by Gasteiger charge is -2.15. The lowest BCUT2D eigenvalue weighted by atomic mass is 10.0. The van der Waals surface area contributed by atoms with Crippen molar-refractivity contribution in [2.75, 3.05) is 5.75 Å². The molecule has 0 aliphatic carbocycles. The highest BCUT2D eigenvalue weighted by Gasteiger charge is 2.23. The Hall–Kier alpha value is -0.580. The second-order valence-electron chi connectivity index (χ2n) is 7.57. The minimum Gasteiger partial charge on any atom is -0.481 e. The van der Waals surface area contributed by atoms with Crippen molar-refractivity contribution >= 4 is 15.8 Å². The lowest BCUT2D eigenvalue weighted by Crippen LogP contribution is -2.24. The smallest absolute Gasteiger partial charge is 0.304 e. The Morgan fingerprint density at radius 3 is 1.58 bits per heavy atom. The second kappa shape index (κ2) is 16.6. The average molecular weight is 391 g/mol. The van der Waals surface area contributed by atoms with Gasteiger partial charge in [0.2, 0.25) is 0 Å². The maximum Gasteiger partial charge on any atom is 0.304 e. The van der Waals surface area contributed by atoms with Gasteiger partial charge >= 0.3 is 5.97 Å². The van der Waals surface area contributed by atoms with Crippen LogP contribution < -0.4 is 0 Å². The van der Waals surface area contributed by atoms with E-state index in [2.05, 4.69) is 6.92 Å². The molecule has 0 saturated heterocycles. The molecule has 1 unspecified atom stereocenters. The van der Waals surface area contributed by atoms with Gasteiger partial charge in [-0.25, -0.2) is 8.42 Å². The Morgan fingerprint density at radius 1 is 0.769 bits per heavy atom. The van der Waals surface area contributed by atoms with E-state index in [4.69, 9.17) is 5.11 Å². The fraction of sp³-hybridized carbons (Fsp3) is 0.952. The zero-order chi connectivity index (χ0) is 19.7. The van der Waals surface area contributed by atoms with Crippen LogP contribution in [0.2, 0.25) is 0 Å².